The molecule has 2 saturated heterocycles. The maximum Gasteiger partial charge on any atom is 0.256 e. The molecular formula is C20H26N4O2. The zero-order valence-electron chi connectivity index (χ0n) is 15.2. The molecule has 3 heterocycles. The van der Waals surface area contributed by atoms with E-state index in [9.17, 15) is 9.59 Å². The SMILES string of the molecule is CNCCN1C(=O)CC[C@H]2CN(C(=O)c3c[nH]c4ccccc34)CC[C@H]21. The smallest absolute Gasteiger partial charge is 0.256 e. The second-order valence-electron chi connectivity index (χ2n) is 7.34. The Labute approximate surface area is 153 Å². The van der Waals surface area contributed by atoms with Crippen molar-refractivity contribution in [1.82, 2.24) is 20.1 Å². The number of rotatable bonds is 4. The van der Waals surface area contributed by atoms with Gasteiger partial charge >= 0.3 is 0 Å². The summed E-state index contributed by atoms with van der Waals surface area (Å²) in [7, 11) is 1.91. The molecule has 138 valence electrons. The van der Waals surface area contributed by atoms with Crippen LogP contribution in [0.5, 0.6) is 0 Å². The van der Waals surface area contributed by atoms with Crippen LogP contribution in [-0.4, -0.2) is 65.9 Å². The zero-order chi connectivity index (χ0) is 18.1. The molecule has 0 aliphatic carbocycles. The van der Waals surface area contributed by atoms with Crippen LogP contribution in [0.4, 0.5) is 0 Å². The van der Waals surface area contributed by atoms with Gasteiger partial charge in [-0.1, -0.05) is 18.2 Å². The minimum Gasteiger partial charge on any atom is -0.360 e. The molecule has 4 rings (SSSR count). The quantitative estimate of drug-likeness (QED) is 0.880. The first-order valence-corrected chi connectivity index (χ1v) is 9.48. The summed E-state index contributed by atoms with van der Waals surface area (Å²) < 4.78 is 0. The van der Waals surface area contributed by atoms with Gasteiger partial charge in [0.25, 0.3) is 5.91 Å². The van der Waals surface area contributed by atoms with E-state index in [-0.39, 0.29) is 17.9 Å². The molecule has 2 N–H and O–H groups in total. The van der Waals surface area contributed by atoms with Crippen LogP contribution in [-0.2, 0) is 4.79 Å². The molecule has 0 saturated carbocycles. The Hall–Kier alpha value is -2.34. The third-order valence-corrected chi connectivity index (χ3v) is 5.85. The fourth-order valence-corrected chi connectivity index (χ4v) is 4.48. The highest BCUT2D eigenvalue weighted by Crippen LogP contribution is 2.32. The number of benzene rings is 1. The third-order valence-electron chi connectivity index (χ3n) is 5.85. The lowest BCUT2D eigenvalue weighted by molar-refractivity contribution is -0.140. The number of amides is 2. The van der Waals surface area contributed by atoms with Crippen molar-refractivity contribution in [3.8, 4) is 0 Å². The van der Waals surface area contributed by atoms with Gasteiger partial charge in [0.15, 0.2) is 0 Å². The number of likely N-dealkylation sites (tertiary alicyclic amines) is 2. The van der Waals surface area contributed by atoms with E-state index in [4.69, 9.17) is 0 Å². The highest BCUT2D eigenvalue weighted by atomic mass is 16.2. The molecule has 0 bridgehead atoms. The van der Waals surface area contributed by atoms with Crippen molar-refractivity contribution in [3.63, 3.8) is 0 Å². The maximum atomic E-state index is 13.1. The lowest BCUT2D eigenvalue weighted by atomic mass is 9.83. The normalized spacial score (nSPS) is 23.3. The summed E-state index contributed by atoms with van der Waals surface area (Å²) in [5, 5.41) is 4.11. The molecule has 2 aliphatic heterocycles. The summed E-state index contributed by atoms with van der Waals surface area (Å²) in [5.74, 6) is 0.741. The van der Waals surface area contributed by atoms with Crippen molar-refractivity contribution in [2.75, 3.05) is 33.2 Å². The lowest BCUT2D eigenvalue weighted by Gasteiger charge is -2.47. The van der Waals surface area contributed by atoms with Crippen LogP contribution in [0.2, 0.25) is 0 Å². The van der Waals surface area contributed by atoms with Gasteiger partial charge in [0, 0.05) is 55.7 Å². The van der Waals surface area contributed by atoms with Crippen molar-refractivity contribution in [2.45, 2.75) is 25.3 Å². The first kappa shape index (κ1) is 17.1. The number of piperidine rings is 2. The first-order chi connectivity index (χ1) is 12.7. The highest BCUT2D eigenvalue weighted by molar-refractivity contribution is 6.06. The number of aromatic nitrogens is 1. The van der Waals surface area contributed by atoms with Crippen LogP contribution < -0.4 is 5.32 Å². The van der Waals surface area contributed by atoms with Gasteiger partial charge in [-0.3, -0.25) is 9.59 Å². The van der Waals surface area contributed by atoms with Crippen LogP contribution in [0.15, 0.2) is 30.5 Å². The second-order valence-corrected chi connectivity index (χ2v) is 7.34. The number of hydrogen-bond acceptors (Lipinski definition) is 3. The Bertz CT molecular complexity index is 815. The Morgan fingerprint density at radius 1 is 1.31 bits per heavy atom. The predicted octanol–water partition coefficient (Wildman–Crippen LogP) is 1.84. The molecule has 26 heavy (non-hydrogen) atoms. The number of fused-ring (bicyclic) bond motifs is 2. The topological polar surface area (TPSA) is 68.4 Å². The van der Waals surface area contributed by atoms with Gasteiger partial charge in [0.05, 0.1) is 5.56 Å². The van der Waals surface area contributed by atoms with Crippen molar-refractivity contribution in [1.29, 1.82) is 0 Å². The van der Waals surface area contributed by atoms with Gasteiger partial charge in [-0.2, -0.15) is 0 Å². The minimum atomic E-state index is 0.0968. The van der Waals surface area contributed by atoms with Gasteiger partial charge in [-0.05, 0) is 31.9 Å². The van der Waals surface area contributed by atoms with E-state index < -0.39 is 0 Å². The fraction of sp³-hybridized carbons (Fsp3) is 0.500. The van der Waals surface area contributed by atoms with E-state index in [1.165, 1.54) is 0 Å². The number of H-pyrrole nitrogens is 1. The molecule has 0 unspecified atom stereocenters. The number of carbonyl (C=O) groups excluding carboxylic acids is 2. The maximum absolute atomic E-state index is 13.1. The molecule has 1 aromatic heterocycles. The fourth-order valence-electron chi connectivity index (χ4n) is 4.48. The van der Waals surface area contributed by atoms with Crippen molar-refractivity contribution in [2.24, 2.45) is 5.92 Å². The van der Waals surface area contributed by atoms with E-state index in [0.717, 1.165) is 48.9 Å². The minimum absolute atomic E-state index is 0.0968. The molecule has 1 aromatic carbocycles. The molecule has 2 aromatic rings. The van der Waals surface area contributed by atoms with Crippen LogP contribution in [0.3, 0.4) is 0 Å². The third kappa shape index (κ3) is 2.98. The summed E-state index contributed by atoms with van der Waals surface area (Å²) >= 11 is 0. The molecule has 0 radical (unpaired) electrons. The summed E-state index contributed by atoms with van der Waals surface area (Å²) in [6, 6.07) is 8.19. The number of para-hydroxylation sites is 1. The van der Waals surface area contributed by atoms with Crippen molar-refractivity contribution >= 4 is 22.7 Å². The average Bonchev–Trinajstić information content (AvgIpc) is 3.10. The van der Waals surface area contributed by atoms with Crippen molar-refractivity contribution in [3.05, 3.63) is 36.0 Å². The number of nitrogens with zero attached hydrogens (tertiary/aromatic N) is 2. The number of carbonyl (C=O) groups is 2. The van der Waals surface area contributed by atoms with Gasteiger partial charge in [0.2, 0.25) is 5.91 Å². The molecule has 2 amide bonds. The number of hydrogen-bond donors (Lipinski definition) is 2. The van der Waals surface area contributed by atoms with E-state index >= 15 is 0 Å². The number of likely N-dealkylation sites (N-methyl/N-ethyl adjacent to an activating group) is 1. The van der Waals surface area contributed by atoms with Gasteiger partial charge < -0.3 is 20.1 Å². The van der Waals surface area contributed by atoms with E-state index in [0.29, 0.717) is 18.9 Å². The first-order valence-electron chi connectivity index (χ1n) is 9.48. The molecule has 2 atom stereocenters. The summed E-state index contributed by atoms with van der Waals surface area (Å²) in [6.07, 6.45) is 4.17. The summed E-state index contributed by atoms with van der Waals surface area (Å²) in [6.45, 7) is 3.02. The Morgan fingerprint density at radius 2 is 2.15 bits per heavy atom. The van der Waals surface area contributed by atoms with Gasteiger partial charge in [-0.25, -0.2) is 0 Å². The van der Waals surface area contributed by atoms with Crippen LogP contribution >= 0.6 is 0 Å². The lowest BCUT2D eigenvalue weighted by Crippen LogP contribution is -2.57. The van der Waals surface area contributed by atoms with Gasteiger partial charge in [-0.15, -0.1) is 0 Å². The summed E-state index contributed by atoms with van der Waals surface area (Å²) in [5.41, 5.74) is 1.74. The molecule has 6 nitrogen and oxygen atoms in total. The molecule has 2 aliphatic rings. The average molecular weight is 354 g/mol. The second kappa shape index (κ2) is 7.11. The van der Waals surface area contributed by atoms with E-state index in [1.54, 1.807) is 0 Å². The molecule has 6 heteroatoms. The zero-order valence-corrected chi connectivity index (χ0v) is 15.2. The van der Waals surface area contributed by atoms with E-state index in [2.05, 4.69) is 10.3 Å². The van der Waals surface area contributed by atoms with Gasteiger partial charge in [0.1, 0.15) is 0 Å². The number of aromatic amines is 1. The Kier molecular flexibility index (Phi) is 4.68. The van der Waals surface area contributed by atoms with Crippen LogP contribution in [0, 0.1) is 5.92 Å². The van der Waals surface area contributed by atoms with Crippen LogP contribution in [0.25, 0.3) is 10.9 Å². The Balaban J connectivity index is 1.49. The Morgan fingerprint density at radius 3 is 3.00 bits per heavy atom. The largest absolute Gasteiger partial charge is 0.360 e. The summed E-state index contributed by atoms with van der Waals surface area (Å²) in [4.78, 5) is 32.6. The highest BCUT2D eigenvalue weighted by Gasteiger charge is 2.40. The molecule has 0 spiro atoms. The molecule has 2 fully saturated rings. The standard InChI is InChI=1S/C20H26N4O2/c1-21-9-11-24-18-8-10-23(13-14(18)6-7-19(24)25)20(26)16-12-22-17-5-3-2-4-15(16)17/h2-5,12,14,18,21-22H,6-11,13H2,1H3/t14-,18+/m0/s1. The van der Waals surface area contributed by atoms with E-state index in [1.807, 2.05) is 47.3 Å². The molecular weight excluding hydrogens is 328 g/mol. The predicted molar refractivity (Wildman–Crippen MR) is 101 cm³/mol. The number of nitrogens with one attached hydrogen (secondary N) is 2. The van der Waals surface area contributed by atoms with Crippen molar-refractivity contribution < 1.29 is 9.59 Å². The van der Waals surface area contributed by atoms with Crippen LogP contribution in [0.1, 0.15) is 29.6 Å². The monoisotopic (exact) mass is 354 g/mol.